The van der Waals surface area contributed by atoms with Gasteiger partial charge in [-0.15, -0.1) is 0 Å². The maximum Gasteiger partial charge on any atom is 0.332 e. The molecule has 0 saturated heterocycles. The molecule has 1 N–H and O–H groups in total. The zero-order valence-electron chi connectivity index (χ0n) is 17.1. The van der Waals surface area contributed by atoms with Crippen LogP contribution in [0.1, 0.15) is 5.56 Å². The van der Waals surface area contributed by atoms with Gasteiger partial charge in [-0.05, 0) is 48.0 Å². The average molecular weight is 451 g/mol. The van der Waals surface area contributed by atoms with Crippen molar-refractivity contribution in [3.8, 4) is 5.75 Å². The average Bonchev–Trinajstić information content (AvgIpc) is 2.80. The molecule has 2 heterocycles. The van der Waals surface area contributed by atoms with Crippen molar-refractivity contribution in [3.63, 3.8) is 0 Å². The third-order valence-electron chi connectivity index (χ3n) is 4.90. The molecule has 0 radical (unpaired) electrons. The second-order valence-electron chi connectivity index (χ2n) is 7.04. The van der Waals surface area contributed by atoms with E-state index in [0.29, 0.717) is 16.5 Å². The van der Waals surface area contributed by atoms with Crippen molar-refractivity contribution >= 4 is 34.2 Å². The van der Waals surface area contributed by atoms with Crippen molar-refractivity contribution in [2.24, 2.45) is 0 Å². The monoisotopic (exact) mass is 450 g/mol. The second kappa shape index (κ2) is 9.07. The van der Waals surface area contributed by atoms with E-state index in [9.17, 15) is 14.4 Å². The highest BCUT2D eigenvalue weighted by Gasteiger charge is 2.16. The van der Waals surface area contributed by atoms with Crippen LogP contribution in [0, 0.1) is 0 Å². The molecule has 0 saturated carbocycles. The van der Waals surface area contributed by atoms with Gasteiger partial charge in [0.25, 0.3) is 5.56 Å². The highest BCUT2D eigenvalue weighted by molar-refractivity contribution is 6.30. The molecule has 0 aliphatic rings. The van der Waals surface area contributed by atoms with Gasteiger partial charge >= 0.3 is 5.69 Å². The van der Waals surface area contributed by atoms with Crippen molar-refractivity contribution in [1.29, 1.82) is 0 Å². The lowest BCUT2D eigenvalue weighted by Gasteiger charge is -2.14. The number of halogens is 1. The maximum atomic E-state index is 13.2. The third-order valence-corrected chi connectivity index (χ3v) is 5.13. The summed E-state index contributed by atoms with van der Waals surface area (Å²) in [6, 6.07) is 16.9. The first-order valence-electron chi connectivity index (χ1n) is 9.73. The number of hydrogen-bond acceptors (Lipinski definition) is 5. The fraction of sp³-hybridized carbons (Fsp3) is 0.130. The van der Waals surface area contributed by atoms with Crippen LogP contribution in [0.4, 0.5) is 5.69 Å². The number of carbonyl (C=O) groups is 1. The van der Waals surface area contributed by atoms with Crippen molar-refractivity contribution in [2.75, 3.05) is 12.4 Å². The quantitative estimate of drug-likeness (QED) is 0.487. The van der Waals surface area contributed by atoms with E-state index >= 15 is 0 Å². The first-order valence-corrected chi connectivity index (χ1v) is 10.1. The number of nitrogens with zero attached hydrogens (tertiary/aromatic N) is 3. The third kappa shape index (κ3) is 4.40. The zero-order chi connectivity index (χ0) is 22.7. The zero-order valence-corrected chi connectivity index (χ0v) is 17.9. The number of benzene rings is 2. The molecule has 1 amide bonds. The summed E-state index contributed by atoms with van der Waals surface area (Å²) in [5.41, 5.74) is 0.506. The van der Waals surface area contributed by atoms with Gasteiger partial charge in [-0.1, -0.05) is 29.8 Å². The number of anilines is 1. The van der Waals surface area contributed by atoms with Gasteiger partial charge in [0.15, 0.2) is 5.52 Å². The summed E-state index contributed by atoms with van der Waals surface area (Å²) >= 11 is 5.97. The molecule has 0 atom stereocenters. The Hall–Kier alpha value is -3.91. The molecule has 0 unspecified atom stereocenters. The van der Waals surface area contributed by atoms with Crippen LogP contribution in [0.3, 0.4) is 0 Å². The Morgan fingerprint density at radius 1 is 1.06 bits per heavy atom. The molecule has 9 heteroatoms. The van der Waals surface area contributed by atoms with Crippen LogP contribution in [0.25, 0.3) is 11.0 Å². The van der Waals surface area contributed by atoms with Gasteiger partial charge in [-0.3, -0.25) is 18.7 Å². The van der Waals surface area contributed by atoms with E-state index in [1.54, 1.807) is 67.8 Å². The first-order chi connectivity index (χ1) is 15.5. The molecule has 2 aromatic heterocycles. The molecule has 0 aliphatic carbocycles. The molecule has 162 valence electrons. The number of pyridine rings is 1. The molecular weight excluding hydrogens is 432 g/mol. The highest BCUT2D eigenvalue weighted by Crippen LogP contribution is 2.15. The summed E-state index contributed by atoms with van der Waals surface area (Å²) < 4.78 is 7.46. The Bertz CT molecular complexity index is 1410. The van der Waals surface area contributed by atoms with E-state index in [1.165, 1.54) is 10.8 Å². The summed E-state index contributed by atoms with van der Waals surface area (Å²) in [5.74, 6) is 0.227. The number of aromatic nitrogens is 3. The molecular formula is C23H19ClN4O4. The lowest BCUT2D eigenvalue weighted by atomic mass is 10.2. The van der Waals surface area contributed by atoms with Gasteiger partial charge in [-0.2, -0.15) is 0 Å². The van der Waals surface area contributed by atoms with Crippen molar-refractivity contribution in [2.45, 2.75) is 13.1 Å². The van der Waals surface area contributed by atoms with Crippen LogP contribution in [-0.2, 0) is 17.9 Å². The molecule has 0 aliphatic heterocycles. The van der Waals surface area contributed by atoms with E-state index < -0.39 is 17.2 Å². The SMILES string of the molecule is COc1ccc(Cn2c(=O)c3ncccc3n(CC(=O)Nc3cccc(Cl)c3)c2=O)cc1. The Morgan fingerprint density at radius 2 is 1.84 bits per heavy atom. The van der Waals surface area contributed by atoms with Gasteiger partial charge in [0.1, 0.15) is 12.3 Å². The summed E-state index contributed by atoms with van der Waals surface area (Å²) in [6.07, 6.45) is 1.47. The van der Waals surface area contributed by atoms with Crippen molar-refractivity contribution in [3.05, 3.63) is 98.3 Å². The van der Waals surface area contributed by atoms with Gasteiger partial charge in [-0.25, -0.2) is 9.78 Å². The predicted molar refractivity (Wildman–Crippen MR) is 122 cm³/mol. The highest BCUT2D eigenvalue weighted by atomic mass is 35.5. The number of fused-ring (bicyclic) bond motifs is 1. The fourth-order valence-electron chi connectivity index (χ4n) is 3.36. The smallest absolute Gasteiger partial charge is 0.332 e. The summed E-state index contributed by atoms with van der Waals surface area (Å²) in [7, 11) is 1.56. The van der Waals surface area contributed by atoms with Crippen LogP contribution in [0.5, 0.6) is 5.75 Å². The fourth-order valence-corrected chi connectivity index (χ4v) is 3.55. The van der Waals surface area contributed by atoms with Gasteiger partial charge in [0.05, 0.1) is 19.2 Å². The predicted octanol–water partition coefficient (Wildman–Crippen LogP) is 2.91. The normalized spacial score (nSPS) is 10.8. The van der Waals surface area contributed by atoms with Crippen LogP contribution < -0.4 is 21.3 Å². The van der Waals surface area contributed by atoms with E-state index in [0.717, 1.165) is 10.1 Å². The van der Waals surface area contributed by atoms with Gasteiger partial charge in [0, 0.05) is 16.9 Å². The van der Waals surface area contributed by atoms with Crippen molar-refractivity contribution in [1.82, 2.24) is 14.1 Å². The first kappa shape index (κ1) is 21.3. The standard InChI is InChI=1S/C23H19ClN4O4/c1-32-18-9-7-15(8-10-18)13-28-22(30)21-19(6-3-11-25-21)27(23(28)31)14-20(29)26-17-5-2-4-16(24)12-17/h2-12H,13-14H2,1H3,(H,26,29). The van der Waals surface area contributed by atoms with Gasteiger partial charge < -0.3 is 10.1 Å². The van der Waals surface area contributed by atoms with Crippen LogP contribution in [0.2, 0.25) is 5.02 Å². The Labute approximate surface area is 187 Å². The molecule has 0 fully saturated rings. The minimum Gasteiger partial charge on any atom is -0.497 e. The number of ether oxygens (including phenoxy) is 1. The summed E-state index contributed by atoms with van der Waals surface area (Å²) in [4.78, 5) is 43.1. The number of carbonyl (C=O) groups excluding carboxylic acids is 1. The number of hydrogen-bond donors (Lipinski definition) is 1. The molecule has 4 rings (SSSR count). The van der Waals surface area contributed by atoms with E-state index in [1.807, 2.05) is 0 Å². The lowest BCUT2D eigenvalue weighted by molar-refractivity contribution is -0.116. The summed E-state index contributed by atoms with van der Waals surface area (Å²) in [6.45, 7) is -0.263. The van der Waals surface area contributed by atoms with Crippen LogP contribution in [-0.4, -0.2) is 27.1 Å². The van der Waals surface area contributed by atoms with E-state index in [-0.39, 0.29) is 24.1 Å². The number of methoxy groups -OCH3 is 1. The Kier molecular flexibility index (Phi) is 6.04. The van der Waals surface area contributed by atoms with Gasteiger partial charge in [0.2, 0.25) is 5.91 Å². The Balaban J connectivity index is 1.73. The minimum absolute atomic E-state index is 0.0318. The van der Waals surface area contributed by atoms with E-state index in [4.69, 9.17) is 16.3 Å². The molecule has 4 aromatic rings. The topological polar surface area (TPSA) is 95.2 Å². The number of rotatable bonds is 6. The number of nitrogens with one attached hydrogen (secondary N) is 1. The molecule has 8 nitrogen and oxygen atoms in total. The molecule has 2 aromatic carbocycles. The van der Waals surface area contributed by atoms with E-state index in [2.05, 4.69) is 10.3 Å². The minimum atomic E-state index is -0.604. The molecule has 0 bridgehead atoms. The summed E-state index contributed by atoms with van der Waals surface area (Å²) in [5, 5.41) is 3.19. The maximum absolute atomic E-state index is 13.2. The molecule has 0 spiro atoms. The lowest BCUT2D eigenvalue weighted by Crippen LogP contribution is -2.42. The molecule has 32 heavy (non-hydrogen) atoms. The second-order valence-corrected chi connectivity index (χ2v) is 7.47. The largest absolute Gasteiger partial charge is 0.497 e. The van der Waals surface area contributed by atoms with Crippen LogP contribution >= 0.6 is 11.6 Å². The number of amides is 1. The Morgan fingerprint density at radius 3 is 2.56 bits per heavy atom. The van der Waals surface area contributed by atoms with Crippen LogP contribution in [0.15, 0.2) is 76.4 Å². The van der Waals surface area contributed by atoms with Crippen molar-refractivity contribution < 1.29 is 9.53 Å².